The van der Waals surface area contributed by atoms with Gasteiger partial charge in [0.1, 0.15) is 6.29 Å². The lowest BCUT2D eigenvalue weighted by Crippen LogP contribution is -2.07. The van der Waals surface area contributed by atoms with E-state index in [1.165, 1.54) is 12.1 Å². The van der Waals surface area contributed by atoms with E-state index in [-0.39, 0.29) is 5.69 Å². The van der Waals surface area contributed by atoms with Crippen LogP contribution in [0.1, 0.15) is 33.3 Å². The molecular weight excluding hydrogens is 244 g/mol. The third kappa shape index (κ3) is 16.2. The lowest BCUT2D eigenvalue weighted by atomic mass is 10.2. The van der Waals surface area contributed by atoms with E-state index >= 15 is 0 Å². The summed E-state index contributed by atoms with van der Waals surface area (Å²) >= 11 is 0. The summed E-state index contributed by atoms with van der Waals surface area (Å²) < 4.78 is 0. The van der Waals surface area contributed by atoms with Crippen molar-refractivity contribution in [3.8, 4) is 0 Å². The molecule has 0 amide bonds. The Morgan fingerprint density at radius 2 is 1.58 bits per heavy atom. The van der Waals surface area contributed by atoms with Gasteiger partial charge in [-0.15, -0.1) is 0 Å². The summed E-state index contributed by atoms with van der Waals surface area (Å²) in [5.74, 6) is 0. The molecule has 1 rings (SSSR count). The molecule has 0 aromatic heterocycles. The van der Waals surface area contributed by atoms with Gasteiger partial charge in [0.15, 0.2) is 0 Å². The number of non-ortho nitro benzene ring substituents is 1. The van der Waals surface area contributed by atoms with Crippen LogP contribution in [0.25, 0.3) is 0 Å². The fourth-order valence-electron chi connectivity index (χ4n) is 0.750. The van der Waals surface area contributed by atoms with Crippen molar-refractivity contribution < 1.29 is 9.72 Å². The number of nitrogens with one attached hydrogen (secondary N) is 1. The average molecular weight is 270 g/mol. The molecule has 0 saturated carbocycles. The van der Waals surface area contributed by atoms with E-state index in [4.69, 9.17) is 0 Å². The van der Waals surface area contributed by atoms with Gasteiger partial charge >= 0.3 is 0 Å². The number of nitrogens with zero attached hydrogens (tertiary/aromatic N) is 1. The first-order valence-electron chi connectivity index (χ1n) is 6.41. The summed E-state index contributed by atoms with van der Waals surface area (Å²) in [6.45, 7) is 10.4. The number of hydrogen-bond acceptors (Lipinski definition) is 4. The summed E-state index contributed by atoms with van der Waals surface area (Å²) in [7, 11) is 1.73. The molecule has 0 spiro atoms. The number of rotatable bonds is 3. The number of carbonyl (C=O) groups excluding carboxylic acids is 1. The molecule has 0 atom stereocenters. The highest BCUT2D eigenvalue weighted by Gasteiger charge is 2.00. The molecule has 5 nitrogen and oxygen atoms in total. The molecule has 19 heavy (non-hydrogen) atoms. The number of benzene rings is 1. The Bertz CT molecular complexity index is 311. The number of nitro benzene ring substituents is 1. The Morgan fingerprint density at radius 1 is 1.16 bits per heavy atom. The monoisotopic (exact) mass is 270 g/mol. The highest BCUT2D eigenvalue weighted by atomic mass is 16.6. The number of carbonyl (C=O) groups is 1. The van der Waals surface area contributed by atoms with Gasteiger partial charge in [-0.25, -0.2) is 0 Å². The quantitative estimate of drug-likeness (QED) is 0.519. The SMILES string of the molecule is CC.CC.CNCC=O.Cc1ccc([N+](=O)[O-])cc1. The predicted octanol–water partition coefficient (Wildman–Crippen LogP) is 3.36. The lowest BCUT2D eigenvalue weighted by molar-refractivity contribution is -0.384. The smallest absolute Gasteiger partial charge is 0.269 e. The van der Waals surface area contributed by atoms with Crippen molar-refractivity contribution in [2.75, 3.05) is 13.6 Å². The third-order valence-electron chi connectivity index (χ3n) is 1.53. The second kappa shape index (κ2) is 18.6. The molecule has 1 aromatic carbocycles. The number of likely N-dealkylation sites (N-methyl/N-ethyl adjacent to an activating group) is 1. The average Bonchev–Trinajstić information content (AvgIpc) is 2.45. The first-order valence-corrected chi connectivity index (χ1v) is 6.41. The van der Waals surface area contributed by atoms with E-state index in [1.54, 1.807) is 19.2 Å². The van der Waals surface area contributed by atoms with Gasteiger partial charge in [-0.05, 0) is 14.0 Å². The molecule has 1 aromatic rings. The number of nitro groups is 1. The number of aldehydes is 1. The Balaban J connectivity index is -0.000000242. The van der Waals surface area contributed by atoms with Crippen LogP contribution in [0.2, 0.25) is 0 Å². The molecule has 0 aliphatic rings. The molecule has 0 fully saturated rings. The molecule has 0 aliphatic carbocycles. The highest BCUT2D eigenvalue weighted by Crippen LogP contribution is 2.10. The lowest BCUT2D eigenvalue weighted by Gasteiger charge is -1.90. The van der Waals surface area contributed by atoms with E-state index in [0.717, 1.165) is 11.8 Å². The maximum atomic E-state index is 10.1. The molecule has 0 saturated heterocycles. The largest absolute Gasteiger partial charge is 0.313 e. The molecule has 5 heteroatoms. The van der Waals surface area contributed by atoms with Gasteiger partial charge in [0, 0.05) is 12.1 Å². The van der Waals surface area contributed by atoms with Crippen LogP contribution in [0.5, 0.6) is 0 Å². The zero-order valence-electron chi connectivity index (χ0n) is 12.8. The highest BCUT2D eigenvalue weighted by molar-refractivity contribution is 5.51. The molecule has 0 unspecified atom stereocenters. The minimum absolute atomic E-state index is 0.144. The van der Waals surface area contributed by atoms with Crippen LogP contribution in [-0.4, -0.2) is 24.8 Å². The van der Waals surface area contributed by atoms with Gasteiger partial charge in [-0.2, -0.15) is 0 Å². The topological polar surface area (TPSA) is 72.2 Å². The van der Waals surface area contributed by atoms with E-state index in [1.807, 2.05) is 34.6 Å². The van der Waals surface area contributed by atoms with Crippen LogP contribution < -0.4 is 5.32 Å². The minimum Gasteiger partial charge on any atom is -0.313 e. The zero-order valence-corrected chi connectivity index (χ0v) is 12.8. The number of aryl methyl sites for hydroxylation is 1. The second-order valence-electron chi connectivity index (χ2n) is 2.82. The molecule has 0 bridgehead atoms. The van der Waals surface area contributed by atoms with Crippen LogP contribution in [0.15, 0.2) is 24.3 Å². The molecule has 0 radical (unpaired) electrons. The molecule has 0 heterocycles. The van der Waals surface area contributed by atoms with Crippen LogP contribution in [0.4, 0.5) is 5.69 Å². The normalized spacial score (nSPS) is 7.47. The van der Waals surface area contributed by atoms with Gasteiger partial charge < -0.3 is 10.1 Å². The van der Waals surface area contributed by atoms with Gasteiger partial charge in [-0.3, -0.25) is 10.1 Å². The first-order chi connectivity index (χ1) is 9.11. The van der Waals surface area contributed by atoms with Gasteiger partial charge in [0.2, 0.25) is 0 Å². The summed E-state index contributed by atoms with van der Waals surface area (Å²) in [5, 5.41) is 12.8. The second-order valence-corrected chi connectivity index (χ2v) is 2.82. The van der Waals surface area contributed by atoms with Crippen molar-refractivity contribution >= 4 is 12.0 Å². The summed E-state index contributed by atoms with van der Waals surface area (Å²) in [6.07, 6.45) is 0.819. The zero-order chi connectivity index (χ0) is 15.7. The van der Waals surface area contributed by atoms with Crippen molar-refractivity contribution in [3.05, 3.63) is 39.9 Å². The molecule has 110 valence electrons. The Morgan fingerprint density at radius 3 is 1.79 bits per heavy atom. The Hall–Kier alpha value is -1.75. The van der Waals surface area contributed by atoms with E-state index < -0.39 is 4.92 Å². The fraction of sp³-hybridized carbons (Fsp3) is 0.500. The van der Waals surface area contributed by atoms with Crippen molar-refractivity contribution in [3.63, 3.8) is 0 Å². The molecular formula is C14H26N2O3. The van der Waals surface area contributed by atoms with Crippen LogP contribution in [0, 0.1) is 17.0 Å². The first kappa shape index (κ1) is 22.4. The van der Waals surface area contributed by atoms with E-state index in [0.29, 0.717) is 6.54 Å². The summed E-state index contributed by atoms with van der Waals surface area (Å²) in [5.41, 5.74) is 1.18. The van der Waals surface area contributed by atoms with Crippen molar-refractivity contribution in [1.29, 1.82) is 0 Å². The maximum absolute atomic E-state index is 10.1. The van der Waals surface area contributed by atoms with Crippen molar-refractivity contribution in [1.82, 2.24) is 5.32 Å². The standard InChI is InChI=1S/C7H7NO2.C3H7NO.2C2H6/c1-6-2-4-7(5-3-6)8(9)10;1-4-2-3-5;2*1-2/h2-5H,1H3;3-4H,2H2,1H3;2*1-2H3. The fourth-order valence-corrected chi connectivity index (χ4v) is 0.750. The van der Waals surface area contributed by atoms with E-state index in [2.05, 4.69) is 5.32 Å². The van der Waals surface area contributed by atoms with Gasteiger partial charge in [0.05, 0.1) is 11.5 Å². The summed E-state index contributed by atoms with van der Waals surface area (Å²) in [6, 6.07) is 6.43. The Kier molecular flexibility index (Phi) is 22.0. The van der Waals surface area contributed by atoms with E-state index in [9.17, 15) is 14.9 Å². The minimum atomic E-state index is -0.403. The van der Waals surface area contributed by atoms with Crippen LogP contribution >= 0.6 is 0 Å². The Labute approximate surface area is 116 Å². The number of hydrogen-bond donors (Lipinski definition) is 1. The molecule has 0 aliphatic heterocycles. The molecule has 1 N–H and O–H groups in total. The van der Waals surface area contributed by atoms with Crippen LogP contribution in [-0.2, 0) is 4.79 Å². The summed E-state index contributed by atoms with van der Waals surface area (Å²) in [4.78, 5) is 19.1. The van der Waals surface area contributed by atoms with Crippen molar-refractivity contribution in [2.24, 2.45) is 0 Å². The van der Waals surface area contributed by atoms with Crippen LogP contribution in [0.3, 0.4) is 0 Å². The van der Waals surface area contributed by atoms with Crippen molar-refractivity contribution in [2.45, 2.75) is 34.6 Å². The third-order valence-corrected chi connectivity index (χ3v) is 1.53. The van der Waals surface area contributed by atoms with Gasteiger partial charge in [0.25, 0.3) is 5.69 Å². The predicted molar refractivity (Wildman–Crippen MR) is 80.5 cm³/mol. The maximum Gasteiger partial charge on any atom is 0.269 e. The van der Waals surface area contributed by atoms with Gasteiger partial charge in [-0.1, -0.05) is 45.4 Å².